The van der Waals surface area contributed by atoms with Gasteiger partial charge in [0.2, 0.25) is 0 Å². The summed E-state index contributed by atoms with van der Waals surface area (Å²) < 4.78 is 13.7. The Labute approximate surface area is 105 Å². The number of benzene rings is 1. The zero-order valence-electron chi connectivity index (χ0n) is 7.71. The Hall–Kier alpha value is -0.690. The van der Waals surface area contributed by atoms with E-state index in [1.54, 1.807) is 22.9 Å². The molecule has 0 saturated heterocycles. The summed E-state index contributed by atoms with van der Waals surface area (Å²) in [5.74, 6) is -0.206. The van der Waals surface area contributed by atoms with Crippen LogP contribution < -0.4 is 5.32 Å². The van der Waals surface area contributed by atoms with Crippen molar-refractivity contribution in [2.75, 3.05) is 5.32 Å². The van der Waals surface area contributed by atoms with Crippen molar-refractivity contribution in [2.24, 2.45) is 0 Å². The predicted octanol–water partition coefficient (Wildman–Crippen LogP) is 3.50. The summed E-state index contributed by atoms with van der Waals surface area (Å²) in [6, 6.07) is 4.71. The zero-order chi connectivity index (χ0) is 10.7. The molecule has 0 spiro atoms. The Morgan fingerprint density at radius 2 is 2.33 bits per heavy atom. The van der Waals surface area contributed by atoms with Crippen LogP contribution in [-0.2, 0) is 6.54 Å². The molecule has 0 aliphatic rings. The molecule has 0 amide bonds. The quantitative estimate of drug-likeness (QED) is 0.869. The summed E-state index contributed by atoms with van der Waals surface area (Å²) in [6.45, 7) is 0.728. The number of hydrogen-bond donors (Lipinski definition) is 1. The highest BCUT2D eigenvalue weighted by Crippen LogP contribution is 2.20. The lowest BCUT2D eigenvalue weighted by atomic mass is 10.3. The minimum Gasteiger partial charge on any atom is -0.379 e. The normalized spacial score (nSPS) is 10.3. The van der Waals surface area contributed by atoms with Gasteiger partial charge in [0, 0.05) is 20.3 Å². The molecule has 0 radical (unpaired) electrons. The molecule has 5 heteroatoms. The molecule has 1 aromatic heterocycles. The molecule has 1 aromatic carbocycles. The van der Waals surface area contributed by atoms with E-state index in [1.807, 2.05) is 6.20 Å². The van der Waals surface area contributed by atoms with Gasteiger partial charge in [0.05, 0.1) is 12.1 Å². The Balaban J connectivity index is 2.05. The Morgan fingerprint density at radius 3 is 3.00 bits per heavy atom. The third kappa shape index (κ3) is 2.88. The first-order valence-corrected chi connectivity index (χ1v) is 6.28. The molecular formula is C10H8FIN2S. The van der Waals surface area contributed by atoms with Gasteiger partial charge in [-0.15, -0.1) is 11.3 Å². The molecular weight excluding hydrogens is 326 g/mol. The second-order valence-corrected chi connectivity index (χ2v) is 5.08. The third-order valence-corrected chi connectivity index (χ3v) is 3.54. The van der Waals surface area contributed by atoms with E-state index in [2.05, 4.69) is 32.9 Å². The number of aromatic nitrogens is 1. The van der Waals surface area contributed by atoms with Crippen LogP contribution in [0.15, 0.2) is 29.9 Å². The fourth-order valence-corrected chi connectivity index (χ4v) is 2.35. The largest absolute Gasteiger partial charge is 0.379 e. The van der Waals surface area contributed by atoms with E-state index in [0.717, 1.165) is 20.7 Å². The number of halogens is 2. The molecule has 78 valence electrons. The van der Waals surface area contributed by atoms with Crippen molar-refractivity contribution in [3.8, 4) is 0 Å². The number of nitrogens with one attached hydrogen (secondary N) is 1. The topological polar surface area (TPSA) is 24.9 Å². The van der Waals surface area contributed by atoms with Crippen LogP contribution >= 0.6 is 33.9 Å². The van der Waals surface area contributed by atoms with Crippen molar-refractivity contribution in [3.63, 3.8) is 0 Å². The van der Waals surface area contributed by atoms with Gasteiger partial charge in [0.25, 0.3) is 0 Å². The maximum Gasteiger partial charge on any atom is 0.124 e. The number of nitrogens with zero attached hydrogens (tertiary/aromatic N) is 1. The second-order valence-electron chi connectivity index (χ2n) is 2.95. The minimum absolute atomic E-state index is 0.206. The Kier molecular flexibility index (Phi) is 3.53. The molecule has 2 rings (SSSR count). The van der Waals surface area contributed by atoms with E-state index in [0.29, 0.717) is 0 Å². The summed E-state index contributed by atoms with van der Waals surface area (Å²) in [7, 11) is 0. The van der Waals surface area contributed by atoms with Gasteiger partial charge in [-0.05, 0) is 40.8 Å². The monoisotopic (exact) mass is 334 g/mol. The van der Waals surface area contributed by atoms with E-state index < -0.39 is 0 Å². The van der Waals surface area contributed by atoms with Gasteiger partial charge in [-0.1, -0.05) is 0 Å². The summed E-state index contributed by atoms with van der Waals surface area (Å²) >= 11 is 3.71. The molecule has 2 nitrogen and oxygen atoms in total. The van der Waals surface area contributed by atoms with Gasteiger partial charge >= 0.3 is 0 Å². The van der Waals surface area contributed by atoms with Crippen LogP contribution in [0, 0.1) is 9.39 Å². The number of anilines is 1. The predicted molar refractivity (Wildman–Crippen MR) is 68.6 cm³/mol. The second kappa shape index (κ2) is 4.89. The highest BCUT2D eigenvalue weighted by molar-refractivity contribution is 14.1. The Morgan fingerprint density at radius 1 is 1.47 bits per heavy atom. The standard InChI is InChI=1S/C10H8FIN2S/c11-7-1-2-10(9(12)3-7)14-5-8-4-13-6-15-8/h1-4,6,14H,5H2. The maximum atomic E-state index is 12.8. The van der Waals surface area contributed by atoms with Crippen molar-refractivity contribution < 1.29 is 4.39 Å². The van der Waals surface area contributed by atoms with E-state index in [-0.39, 0.29) is 5.82 Å². The molecule has 0 atom stereocenters. The lowest BCUT2D eigenvalue weighted by Gasteiger charge is -2.06. The molecule has 15 heavy (non-hydrogen) atoms. The smallest absolute Gasteiger partial charge is 0.124 e. The molecule has 0 bridgehead atoms. The number of thiazole rings is 1. The average molecular weight is 334 g/mol. The van der Waals surface area contributed by atoms with Gasteiger partial charge in [0.15, 0.2) is 0 Å². The van der Waals surface area contributed by atoms with Crippen molar-refractivity contribution in [1.29, 1.82) is 0 Å². The van der Waals surface area contributed by atoms with E-state index in [1.165, 1.54) is 12.1 Å². The van der Waals surface area contributed by atoms with Gasteiger partial charge < -0.3 is 5.32 Å². The number of hydrogen-bond acceptors (Lipinski definition) is 3. The van der Waals surface area contributed by atoms with Gasteiger partial charge in [-0.2, -0.15) is 0 Å². The van der Waals surface area contributed by atoms with Crippen LogP contribution in [-0.4, -0.2) is 4.98 Å². The Bertz CT molecular complexity index is 445. The number of rotatable bonds is 3. The van der Waals surface area contributed by atoms with Gasteiger partial charge in [0.1, 0.15) is 5.82 Å². The first-order chi connectivity index (χ1) is 7.25. The minimum atomic E-state index is -0.206. The fraction of sp³-hybridized carbons (Fsp3) is 0.100. The molecule has 0 saturated carbocycles. The van der Waals surface area contributed by atoms with Crippen LogP contribution in [0.2, 0.25) is 0 Å². The summed E-state index contributed by atoms with van der Waals surface area (Å²) in [5.41, 5.74) is 2.75. The molecule has 1 N–H and O–H groups in total. The molecule has 0 aliphatic carbocycles. The first-order valence-electron chi connectivity index (χ1n) is 4.32. The van der Waals surface area contributed by atoms with Crippen molar-refractivity contribution in [2.45, 2.75) is 6.54 Å². The van der Waals surface area contributed by atoms with Crippen LogP contribution in [0.5, 0.6) is 0 Å². The average Bonchev–Trinajstić information content (AvgIpc) is 2.69. The van der Waals surface area contributed by atoms with Crippen LogP contribution in [0.4, 0.5) is 10.1 Å². The lowest BCUT2D eigenvalue weighted by Crippen LogP contribution is -1.99. The molecule has 2 aromatic rings. The highest BCUT2D eigenvalue weighted by atomic mass is 127. The SMILES string of the molecule is Fc1ccc(NCc2cncs2)c(I)c1. The van der Waals surface area contributed by atoms with Crippen molar-refractivity contribution in [1.82, 2.24) is 4.98 Å². The maximum absolute atomic E-state index is 12.8. The van der Waals surface area contributed by atoms with Crippen LogP contribution in [0.25, 0.3) is 0 Å². The molecule has 0 fully saturated rings. The first kappa shape index (κ1) is 10.8. The molecule has 0 aliphatic heterocycles. The van der Waals surface area contributed by atoms with E-state index in [4.69, 9.17) is 0 Å². The van der Waals surface area contributed by atoms with Crippen LogP contribution in [0.3, 0.4) is 0 Å². The zero-order valence-corrected chi connectivity index (χ0v) is 10.7. The summed E-state index contributed by atoms with van der Waals surface area (Å²) in [4.78, 5) is 5.15. The lowest BCUT2D eigenvalue weighted by molar-refractivity contribution is 0.627. The van der Waals surface area contributed by atoms with E-state index in [9.17, 15) is 4.39 Å². The van der Waals surface area contributed by atoms with Crippen molar-refractivity contribution >= 4 is 39.6 Å². The van der Waals surface area contributed by atoms with E-state index >= 15 is 0 Å². The summed E-state index contributed by atoms with van der Waals surface area (Å²) in [5, 5.41) is 3.24. The molecule has 0 unspecified atom stereocenters. The fourth-order valence-electron chi connectivity index (χ4n) is 1.14. The molecule has 1 heterocycles. The van der Waals surface area contributed by atoms with Gasteiger partial charge in [-0.25, -0.2) is 4.39 Å². The summed E-state index contributed by atoms with van der Waals surface area (Å²) in [6.07, 6.45) is 1.83. The van der Waals surface area contributed by atoms with Crippen LogP contribution in [0.1, 0.15) is 4.88 Å². The third-order valence-electron chi connectivity index (χ3n) is 1.87. The highest BCUT2D eigenvalue weighted by Gasteiger charge is 2.01. The van der Waals surface area contributed by atoms with Crippen molar-refractivity contribution in [3.05, 3.63) is 44.2 Å². The van der Waals surface area contributed by atoms with Gasteiger partial charge in [-0.3, -0.25) is 4.98 Å².